The highest BCUT2D eigenvalue weighted by atomic mass is 16.5. The highest BCUT2D eigenvalue weighted by Gasteiger charge is 2.36. The second-order valence-corrected chi connectivity index (χ2v) is 5.99. The second kappa shape index (κ2) is 6.85. The number of nitrogens with one attached hydrogen (secondary N) is 1. The lowest BCUT2D eigenvalue weighted by Crippen LogP contribution is -2.47. The van der Waals surface area contributed by atoms with Crippen LogP contribution in [-0.2, 0) is 4.74 Å². The van der Waals surface area contributed by atoms with E-state index in [-0.39, 0.29) is 0 Å². The third-order valence-corrected chi connectivity index (χ3v) is 4.46. The molecule has 1 unspecified atom stereocenters. The Labute approximate surface area is 111 Å². The molecule has 0 aromatic rings. The van der Waals surface area contributed by atoms with Crippen LogP contribution >= 0.6 is 0 Å². The first-order valence-corrected chi connectivity index (χ1v) is 7.40. The number of likely N-dealkylation sites (tertiary alicyclic amines) is 1. The van der Waals surface area contributed by atoms with Crippen LogP contribution in [0.2, 0.25) is 0 Å². The molecule has 2 fully saturated rings. The van der Waals surface area contributed by atoms with Crippen LogP contribution in [0.1, 0.15) is 26.2 Å². The maximum Gasteiger partial charge on any atom is 0.0547 e. The van der Waals surface area contributed by atoms with Gasteiger partial charge in [0.25, 0.3) is 0 Å². The van der Waals surface area contributed by atoms with Crippen LogP contribution in [0.5, 0.6) is 0 Å². The molecule has 4 heteroatoms. The quantitative estimate of drug-likeness (QED) is 0.734. The Kier molecular flexibility index (Phi) is 5.42. The Hall–Kier alpha value is -0.160. The molecule has 2 aliphatic heterocycles. The van der Waals surface area contributed by atoms with Gasteiger partial charge in [0.1, 0.15) is 0 Å². The number of piperidine rings is 1. The first-order chi connectivity index (χ1) is 8.78. The topological polar surface area (TPSA) is 44.7 Å². The zero-order valence-corrected chi connectivity index (χ0v) is 11.7. The van der Waals surface area contributed by atoms with Crippen molar-refractivity contribution in [3.63, 3.8) is 0 Å². The third-order valence-electron chi connectivity index (χ3n) is 4.46. The fraction of sp³-hybridized carbons (Fsp3) is 1.00. The molecule has 2 aliphatic rings. The molecule has 18 heavy (non-hydrogen) atoms. The van der Waals surface area contributed by atoms with Crippen LogP contribution in [0.3, 0.4) is 0 Å². The molecule has 0 spiro atoms. The Bertz CT molecular complexity index is 234. The average molecular weight is 256 g/mol. The minimum Gasteiger partial charge on any atom is -0.396 e. The number of aliphatic hydroxyl groups is 1. The molecule has 2 saturated heterocycles. The molecule has 0 aromatic carbocycles. The number of hydrogen-bond acceptors (Lipinski definition) is 4. The lowest BCUT2D eigenvalue weighted by atomic mass is 9.85. The molecular formula is C14H28N2O2. The summed E-state index contributed by atoms with van der Waals surface area (Å²) in [7, 11) is 0. The van der Waals surface area contributed by atoms with E-state index in [1.165, 1.54) is 6.42 Å². The van der Waals surface area contributed by atoms with Gasteiger partial charge >= 0.3 is 0 Å². The smallest absolute Gasteiger partial charge is 0.0547 e. The molecule has 0 aliphatic carbocycles. The third kappa shape index (κ3) is 3.67. The summed E-state index contributed by atoms with van der Waals surface area (Å²) in [6, 6.07) is 0. The number of ether oxygens (including phenoxy) is 1. The molecule has 2 N–H and O–H groups in total. The zero-order valence-electron chi connectivity index (χ0n) is 11.7. The van der Waals surface area contributed by atoms with Crippen molar-refractivity contribution in [1.82, 2.24) is 10.2 Å². The van der Waals surface area contributed by atoms with E-state index >= 15 is 0 Å². The van der Waals surface area contributed by atoms with E-state index in [0.717, 1.165) is 58.8 Å². The minimum atomic E-state index is 0.321. The van der Waals surface area contributed by atoms with Gasteiger partial charge in [0.05, 0.1) is 6.61 Å². The van der Waals surface area contributed by atoms with Crippen LogP contribution in [-0.4, -0.2) is 62.6 Å². The van der Waals surface area contributed by atoms with Crippen LogP contribution in [0.15, 0.2) is 0 Å². The van der Waals surface area contributed by atoms with Crippen LogP contribution in [0, 0.1) is 11.3 Å². The van der Waals surface area contributed by atoms with Gasteiger partial charge in [-0.2, -0.15) is 0 Å². The van der Waals surface area contributed by atoms with Gasteiger partial charge in [0.15, 0.2) is 0 Å². The fourth-order valence-corrected chi connectivity index (χ4v) is 3.16. The maximum atomic E-state index is 9.18. The van der Waals surface area contributed by atoms with Crippen molar-refractivity contribution in [2.24, 2.45) is 11.3 Å². The van der Waals surface area contributed by atoms with Gasteiger partial charge in [0, 0.05) is 31.7 Å². The Morgan fingerprint density at radius 3 is 2.72 bits per heavy atom. The summed E-state index contributed by atoms with van der Waals surface area (Å²) < 4.78 is 5.63. The second-order valence-electron chi connectivity index (χ2n) is 5.99. The van der Waals surface area contributed by atoms with E-state index in [9.17, 15) is 5.11 Å². The Morgan fingerprint density at radius 1 is 1.39 bits per heavy atom. The lowest BCUT2D eigenvalue weighted by Gasteiger charge is -2.38. The molecule has 0 saturated carbocycles. The van der Waals surface area contributed by atoms with Crippen LogP contribution < -0.4 is 5.32 Å². The van der Waals surface area contributed by atoms with Crippen molar-refractivity contribution in [3.8, 4) is 0 Å². The van der Waals surface area contributed by atoms with Gasteiger partial charge in [-0.05, 0) is 44.8 Å². The van der Waals surface area contributed by atoms with Gasteiger partial charge < -0.3 is 20.1 Å². The molecule has 0 radical (unpaired) electrons. The minimum absolute atomic E-state index is 0.321. The number of hydrogen-bond donors (Lipinski definition) is 2. The summed E-state index contributed by atoms with van der Waals surface area (Å²) in [4.78, 5) is 2.57. The van der Waals surface area contributed by atoms with Crippen LogP contribution in [0.4, 0.5) is 0 Å². The zero-order chi connectivity index (χ0) is 12.8. The fourth-order valence-electron chi connectivity index (χ4n) is 3.16. The highest BCUT2D eigenvalue weighted by molar-refractivity contribution is 4.89. The number of rotatable bonds is 6. The molecule has 2 rings (SSSR count). The summed E-state index contributed by atoms with van der Waals surface area (Å²) in [6.45, 7) is 9.88. The lowest BCUT2D eigenvalue weighted by molar-refractivity contribution is 0.0751. The van der Waals surface area contributed by atoms with Crippen molar-refractivity contribution >= 4 is 0 Å². The highest BCUT2D eigenvalue weighted by Crippen LogP contribution is 2.30. The molecule has 0 bridgehead atoms. The van der Waals surface area contributed by atoms with Gasteiger partial charge in [-0.3, -0.25) is 0 Å². The Balaban J connectivity index is 1.82. The van der Waals surface area contributed by atoms with E-state index in [2.05, 4.69) is 17.1 Å². The SMILES string of the molecule is CCNCC1(CN2CCC(CO)CC2)CCOC1. The van der Waals surface area contributed by atoms with E-state index in [1.807, 2.05) is 0 Å². The van der Waals surface area contributed by atoms with Crippen molar-refractivity contribution in [3.05, 3.63) is 0 Å². The maximum absolute atomic E-state index is 9.18. The summed E-state index contributed by atoms with van der Waals surface area (Å²) in [6.07, 6.45) is 3.48. The Morgan fingerprint density at radius 2 is 2.17 bits per heavy atom. The summed E-state index contributed by atoms with van der Waals surface area (Å²) in [5, 5.41) is 12.7. The van der Waals surface area contributed by atoms with Crippen molar-refractivity contribution in [2.75, 3.05) is 52.5 Å². The molecule has 0 amide bonds. The van der Waals surface area contributed by atoms with Crippen molar-refractivity contribution < 1.29 is 9.84 Å². The van der Waals surface area contributed by atoms with Crippen LogP contribution in [0.25, 0.3) is 0 Å². The molecule has 2 heterocycles. The first-order valence-electron chi connectivity index (χ1n) is 7.40. The summed E-state index contributed by atoms with van der Waals surface area (Å²) >= 11 is 0. The number of aliphatic hydroxyl groups excluding tert-OH is 1. The molecule has 106 valence electrons. The first kappa shape index (κ1) is 14.3. The van der Waals surface area contributed by atoms with E-state index in [0.29, 0.717) is 17.9 Å². The number of nitrogens with zero attached hydrogens (tertiary/aromatic N) is 1. The van der Waals surface area contributed by atoms with Gasteiger partial charge in [-0.15, -0.1) is 0 Å². The van der Waals surface area contributed by atoms with E-state index in [4.69, 9.17) is 4.74 Å². The predicted molar refractivity (Wildman–Crippen MR) is 72.7 cm³/mol. The predicted octanol–water partition coefficient (Wildman–Crippen LogP) is 0.707. The molecule has 4 nitrogen and oxygen atoms in total. The molecule has 1 atom stereocenters. The molecule has 0 aromatic heterocycles. The monoisotopic (exact) mass is 256 g/mol. The average Bonchev–Trinajstić information content (AvgIpc) is 2.86. The van der Waals surface area contributed by atoms with Crippen molar-refractivity contribution in [1.29, 1.82) is 0 Å². The van der Waals surface area contributed by atoms with E-state index < -0.39 is 0 Å². The summed E-state index contributed by atoms with van der Waals surface area (Å²) in [5.41, 5.74) is 0.321. The largest absolute Gasteiger partial charge is 0.396 e. The van der Waals surface area contributed by atoms with Gasteiger partial charge in [-0.25, -0.2) is 0 Å². The van der Waals surface area contributed by atoms with Crippen molar-refractivity contribution in [2.45, 2.75) is 26.2 Å². The van der Waals surface area contributed by atoms with Gasteiger partial charge in [-0.1, -0.05) is 6.92 Å². The van der Waals surface area contributed by atoms with E-state index in [1.54, 1.807) is 0 Å². The normalized spacial score (nSPS) is 31.0. The summed E-state index contributed by atoms with van der Waals surface area (Å²) in [5.74, 6) is 0.533. The van der Waals surface area contributed by atoms with Gasteiger partial charge in [0.2, 0.25) is 0 Å². The standard InChI is InChI=1S/C14H28N2O2/c1-2-15-10-14(5-8-18-12-14)11-16-6-3-13(9-17)4-7-16/h13,15,17H,2-12H2,1H3. The molecular weight excluding hydrogens is 228 g/mol.